The first kappa shape index (κ1) is 34.7. The lowest BCUT2D eigenvalue weighted by atomic mass is 10.1. The lowest BCUT2D eigenvalue weighted by molar-refractivity contribution is -0.145. The summed E-state index contributed by atoms with van der Waals surface area (Å²) in [4.78, 5) is 36.0. The third-order valence-electron chi connectivity index (χ3n) is 5.44. The molecule has 0 bridgehead atoms. The van der Waals surface area contributed by atoms with Crippen LogP contribution in [-0.4, -0.2) is 72.3 Å². The minimum absolute atomic E-state index is 0.0510. The topological polar surface area (TPSA) is 173 Å². The number of ether oxygens (including phenoxy) is 8. The predicted octanol–water partition coefficient (Wildman–Crippen LogP) is 3.62. The summed E-state index contributed by atoms with van der Waals surface area (Å²) >= 11 is 0. The van der Waals surface area contributed by atoms with Gasteiger partial charge in [-0.2, -0.15) is 10.5 Å². The second-order valence-corrected chi connectivity index (χ2v) is 8.38. The van der Waals surface area contributed by atoms with Gasteiger partial charge in [0.05, 0.1) is 47.6 Å². The van der Waals surface area contributed by atoms with Crippen molar-refractivity contribution in [2.45, 2.75) is 13.3 Å². The number of methoxy groups -OCH3 is 3. The fraction of sp³-hybridized carbons (Fsp3) is 0.323. The Labute approximate surface area is 254 Å². The van der Waals surface area contributed by atoms with E-state index in [1.807, 2.05) is 6.07 Å². The Hall–Kier alpha value is -5.53. The first-order chi connectivity index (χ1) is 21.3. The van der Waals surface area contributed by atoms with Gasteiger partial charge in [-0.05, 0) is 54.5 Å². The standard InChI is InChI=1S/C31H32N2O11/c1-5-41-30(35)20-43-26-9-7-21(16-28(26)39-4)14-23(18-32)31(36)42-13-12-40-11-10-29(34)44-24(19-33)15-22-6-8-25(37-2)27(17-22)38-3/h6-9,14-17H,5,10-13,20H2,1-4H3/b23-14-,24-15-. The van der Waals surface area contributed by atoms with E-state index < -0.39 is 17.9 Å². The lowest BCUT2D eigenvalue weighted by Crippen LogP contribution is -2.15. The Morgan fingerprint density at radius 3 is 2.00 bits per heavy atom. The van der Waals surface area contributed by atoms with Crippen LogP contribution < -0.4 is 18.9 Å². The van der Waals surface area contributed by atoms with Crippen molar-refractivity contribution in [3.05, 3.63) is 58.9 Å². The van der Waals surface area contributed by atoms with Gasteiger partial charge in [0.25, 0.3) is 0 Å². The molecule has 0 saturated heterocycles. The summed E-state index contributed by atoms with van der Waals surface area (Å²) < 4.78 is 41.3. The number of hydrogen-bond acceptors (Lipinski definition) is 13. The molecule has 13 heteroatoms. The number of benzene rings is 2. The van der Waals surface area contributed by atoms with Gasteiger partial charge in [0.2, 0.25) is 5.76 Å². The molecule has 0 aliphatic rings. The zero-order valence-electron chi connectivity index (χ0n) is 24.7. The molecule has 2 rings (SSSR count). The second kappa shape index (κ2) is 18.8. The highest BCUT2D eigenvalue weighted by molar-refractivity contribution is 5.98. The van der Waals surface area contributed by atoms with Crippen LogP contribution in [0.5, 0.6) is 23.0 Å². The van der Waals surface area contributed by atoms with Crippen LogP contribution in [0.3, 0.4) is 0 Å². The summed E-state index contributed by atoms with van der Waals surface area (Å²) in [5, 5.41) is 18.7. The van der Waals surface area contributed by atoms with E-state index in [4.69, 9.17) is 37.9 Å². The van der Waals surface area contributed by atoms with E-state index in [-0.39, 0.29) is 62.3 Å². The van der Waals surface area contributed by atoms with Crippen LogP contribution in [0.2, 0.25) is 0 Å². The summed E-state index contributed by atoms with van der Waals surface area (Å²) in [6, 6.07) is 13.2. The molecule has 0 heterocycles. The van der Waals surface area contributed by atoms with Gasteiger partial charge in [0.1, 0.15) is 24.3 Å². The van der Waals surface area contributed by atoms with E-state index in [2.05, 4.69) is 0 Å². The maximum Gasteiger partial charge on any atom is 0.348 e. The third kappa shape index (κ3) is 11.4. The van der Waals surface area contributed by atoms with Crippen LogP contribution in [0.25, 0.3) is 12.2 Å². The summed E-state index contributed by atoms with van der Waals surface area (Å²) in [7, 11) is 4.37. The number of hydrogen-bond donors (Lipinski definition) is 0. The van der Waals surface area contributed by atoms with Gasteiger partial charge < -0.3 is 37.9 Å². The Kier molecular flexibility index (Phi) is 14.8. The molecule has 0 spiro atoms. The average molecular weight is 609 g/mol. The molecule has 0 saturated carbocycles. The molecular weight excluding hydrogens is 576 g/mol. The Morgan fingerprint density at radius 2 is 1.39 bits per heavy atom. The zero-order chi connectivity index (χ0) is 32.3. The monoisotopic (exact) mass is 608 g/mol. The number of nitriles is 2. The van der Waals surface area contributed by atoms with Crippen LogP contribution in [0, 0.1) is 22.7 Å². The molecule has 232 valence electrons. The zero-order valence-corrected chi connectivity index (χ0v) is 24.7. The Balaban J connectivity index is 1.81. The number of nitrogens with zero attached hydrogens (tertiary/aromatic N) is 2. The fourth-order valence-electron chi connectivity index (χ4n) is 3.42. The molecule has 2 aromatic rings. The van der Waals surface area contributed by atoms with Crippen LogP contribution in [0.15, 0.2) is 47.7 Å². The molecule has 44 heavy (non-hydrogen) atoms. The van der Waals surface area contributed by atoms with Crippen LogP contribution >= 0.6 is 0 Å². The van der Waals surface area contributed by atoms with Gasteiger partial charge in [-0.1, -0.05) is 12.1 Å². The predicted molar refractivity (Wildman–Crippen MR) is 154 cm³/mol. The minimum Gasteiger partial charge on any atom is -0.493 e. The largest absolute Gasteiger partial charge is 0.493 e. The van der Waals surface area contributed by atoms with E-state index in [1.165, 1.54) is 45.6 Å². The number of allylic oxidation sites excluding steroid dienone is 1. The van der Waals surface area contributed by atoms with E-state index in [0.29, 0.717) is 22.6 Å². The normalized spacial score (nSPS) is 11.0. The van der Waals surface area contributed by atoms with Crippen molar-refractivity contribution in [3.8, 4) is 35.1 Å². The molecule has 0 unspecified atom stereocenters. The number of carbonyl (C=O) groups excluding carboxylic acids is 3. The molecule has 0 amide bonds. The summed E-state index contributed by atoms with van der Waals surface area (Å²) in [5.74, 6) is -0.822. The number of esters is 3. The van der Waals surface area contributed by atoms with Crippen molar-refractivity contribution < 1.29 is 52.3 Å². The first-order valence-electron chi connectivity index (χ1n) is 13.2. The molecule has 0 radical (unpaired) electrons. The highest BCUT2D eigenvalue weighted by atomic mass is 16.6. The maximum atomic E-state index is 12.4. The van der Waals surface area contributed by atoms with Crippen LogP contribution in [0.1, 0.15) is 24.5 Å². The Morgan fingerprint density at radius 1 is 0.750 bits per heavy atom. The maximum absolute atomic E-state index is 12.4. The van der Waals surface area contributed by atoms with Crippen molar-refractivity contribution in [1.29, 1.82) is 10.5 Å². The fourth-order valence-corrected chi connectivity index (χ4v) is 3.42. The van der Waals surface area contributed by atoms with E-state index >= 15 is 0 Å². The third-order valence-corrected chi connectivity index (χ3v) is 5.44. The van der Waals surface area contributed by atoms with Crippen molar-refractivity contribution >= 4 is 30.1 Å². The van der Waals surface area contributed by atoms with Gasteiger partial charge in [0, 0.05) is 0 Å². The van der Waals surface area contributed by atoms with Crippen molar-refractivity contribution in [2.75, 3.05) is 54.4 Å². The highest BCUT2D eigenvalue weighted by Gasteiger charge is 2.14. The molecule has 13 nitrogen and oxygen atoms in total. The summed E-state index contributed by atoms with van der Waals surface area (Å²) in [6.07, 6.45) is 2.52. The van der Waals surface area contributed by atoms with Gasteiger partial charge in [-0.15, -0.1) is 0 Å². The summed E-state index contributed by atoms with van der Waals surface area (Å²) in [5.41, 5.74) is 0.735. The van der Waals surface area contributed by atoms with Crippen molar-refractivity contribution in [3.63, 3.8) is 0 Å². The molecule has 0 fully saturated rings. The average Bonchev–Trinajstić information content (AvgIpc) is 3.03. The summed E-state index contributed by atoms with van der Waals surface area (Å²) in [6.45, 7) is 1.31. The SMILES string of the molecule is CCOC(=O)COc1ccc(/C=C(/C#N)C(=O)OCCOCCC(=O)O/C(C#N)=C\c2ccc(OC)c(OC)c2)cc1OC. The minimum atomic E-state index is -0.879. The molecule has 0 atom stereocenters. The molecule has 2 aromatic carbocycles. The quantitative estimate of drug-likeness (QED) is 0.0637. The Bertz CT molecular complexity index is 1450. The molecule has 0 aliphatic carbocycles. The van der Waals surface area contributed by atoms with Crippen molar-refractivity contribution in [2.24, 2.45) is 0 Å². The first-order valence-corrected chi connectivity index (χ1v) is 13.2. The molecule has 0 aliphatic heterocycles. The molecular formula is C31H32N2O11. The highest BCUT2D eigenvalue weighted by Crippen LogP contribution is 2.30. The van der Waals surface area contributed by atoms with Crippen LogP contribution in [-0.2, 0) is 33.3 Å². The van der Waals surface area contributed by atoms with E-state index in [9.17, 15) is 24.9 Å². The van der Waals surface area contributed by atoms with Gasteiger partial charge in [0.15, 0.2) is 29.6 Å². The van der Waals surface area contributed by atoms with E-state index in [0.717, 1.165) is 0 Å². The lowest BCUT2D eigenvalue weighted by Gasteiger charge is -2.11. The molecule has 0 aromatic heterocycles. The number of carbonyl (C=O) groups is 3. The van der Waals surface area contributed by atoms with Crippen LogP contribution in [0.4, 0.5) is 0 Å². The van der Waals surface area contributed by atoms with Gasteiger partial charge in [-0.25, -0.2) is 9.59 Å². The number of rotatable bonds is 17. The van der Waals surface area contributed by atoms with E-state index in [1.54, 1.807) is 37.3 Å². The second-order valence-electron chi connectivity index (χ2n) is 8.38. The van der Waals surface area contributed by atoms with Gasteiger partial charge in [-0.3, -0.25) is 4.79 Å². The smallest absolute Gasteiger partial charge is 0.348 e. The molecule has 0 N–H and O–H groups in total. The van der Waals surface area contributed by atoms with Gasteiger partial charge >= 0.3 is 17.9 Å². The van der Waals surface area contributed by atoms with Crippen molar-refractivity contribution in [1.82, 2.24) is 0 Å².